The van der Waals surface area contributed by atoms with Crippen LogP contribution in [0.2, 0.25) is 0 Å². The fraction of sp³-hybridized carbons (Fsp3) is 0.500. The number of anilines is 1. The van der Waals surface area contributed by atoms with Gasteiger partial charge in [-0.3, -0.25) is 0 Å². The molecule has 1 aliphatic heterocycles. The molecule has 3 N–H and O–H groups in total. The second-order valence-electron chi connectivity index (χ2n) is 5.30. The lowest BCUT2D eigenvalue weighted by Crippen LogP contribution is -2.43. The van der Waals surface area contributed by atoms with E-state index >= 15 is 0 Å². The number of halogens is 2. The topological polar surface area (TPSA) is 61.8 Å². The molecule has 0 aliphatic carbocycles. The van der Waals surface area contributed by atoms with Gasteiger partial charge < -0.3 is 15.8 Å². The van der Waals surface area contributed by atoms with E-state index in [1.54, 1.807) is 12.1 Å². The first-order chi connectivity index (χ1) is 9.47. The summed E-state index contributed by atoms with van der Waals surface area (Å²) in [6, 6.07) is 3.66. The van der Waals surface area contributed by atoms with Crippen LogP contribution in [0.4, 0.5) is 10.1 Å². The Morgan fingerprint density at radius 1 is 1.50 bits per heavy atom. The van der Waals surface area contributed by atoms with Crippen LogP contribution in [0.5, 0.6) is 0 Å². The van der Waals surface area contributed by atoms with Gasteiger partial charge in [-0.2, -0.15) is 0 Å². The van der Waals surface area contributed by atoms with Crippen LogP contribution in [0.3, 0.4) is 0 Å². The first-order valence-electron chi connectivity index (χ1n) is 6.70. The molecule has 2 rings (SSSR count). The molecule has 0 aromatic heterocycles. The third kappa shape index (κ3) is 2.61. The van der Waals surface area contributed by atoms with E-state index in [2.05, 4.69) is 39.8 Å². The number of amidine groups is 1. The molecule has 1 saturated heterocycles. The molecule has 0 radical (unpaired) electrons. The quantitative estimate of drug-likeness (QED) is 0.375. The maximum Gasteiger partial charge on any atom is 0.171 e. The molecule has 4 nitrogen and oxygen atoms in total. The number of hydrogen-bond acceptors (Lipinski definition) is 3. The van der Waals surface area contributed by atoms with Crippen molar-refractivity contribution in [2.24, 2.45) is 16.8 Å². The summed E-state index contributed by atoms with van der Waals surface area (Å²) in [6.45, 7) is 5.15. The molecule has 2 unspecified atom stereocenters. The van der Waals surface area contributed by atoms with Gasteiger partial charge >= 0.3 is 0 Å². The predicted molar refractivity (Wildman–Crippen MR) is 81.8 cm³/mol. The molecule has 1 aromatic rings. The lowest BCUT2D eigenvalue weighted by atomic mass is 9.91. The summed E-state index contributed by atoms with van der Waals surface area (Å²) in [5.41, 5.74) is 6.45. The average molecular weight is 344 g/mol. The maximum absolute atomic E-state index is 14.6. The Hall–Kier alpha value is -1.30. The van der Waals surface area contributed by atoms with Crippen molar-refractivity contribution in [1.82, 2.24) is 0 Å². The Morgan fingerprint density at radius 3 is 2.85 bits per heavy atom. The molecular formula is C14H19BrFN3O. The highest BCUT2D eigenvalue weighted by Gasteiger charge is 2.28. The van der Waals surface area contributed by atoms with E-state index in [-0.39, 0.29) is 16.1 Å². The van der Waals surface area contributed by atoms with E-state index in [0.717, 1.165) is 13.0 Å². The number of piperidine rings is 1. The largest absolute Gasteiger partial charge is 0.409 e. The first-order valence-corrected chi connectivity index (χ1v) is 7.49. The van der Waals surface area contributed by atoms with Gasteiger partial charge in [0.05, 0.1) is 10.2 Å². The van der Waals surface area contributed by atoms with Crippen LogP contribution in [0.1, 0.15) is 32.3 Å². The van der Waals surface area contributed by atoms with Crippen molar-refractivity contribution in [3.63, 3.8) is 0 Å². The van der Waals surface area contributed by atoms with Crippen molar-refractivity contribution in [2.75, 3.05) is 11.4 Å². The van der Waals surface area contributed by atoms with Crippen molar-refractivity contribution < 1.29 is 9.60 Å². The fourth-order valence-corrected chi connectivity index (χ4v) is 3.23. The van der Waals surface area contributed by atoms with Gasteiger partial charge in [-0.15, -0.1) is 0 Å². The van der Waals surface area contributed by atoms with Crippen LogP contribution in [-0.4, -0.2) is 23.6 Å². The molecule has 6 heteroatoms. The van der Waals surface area contributed by atoms with Gasteiger partial charge in [-0.1, -0.05) is 12.1 Å². The van der Waals surface area contributed by atoms with Gasteiger partial charge in [0.1, 0.15) is 0 Å². The minimum absolute atomic E-state index is 0.109. The third-order valence-corrected chi connectivity index (χ3v) is 4.90. The Kier molecular flexibility index (Phi) is 4.52. The van der Waals surface area contributed by atoms with Crippen molar-refractivity contribution in [1.29, 1.82) is 0 Å². The molecule has 1 fully saturated rings. The van der Waals surface area contributed by atoms with Gasteiger partial charge in [0, 0.05) is 18.2 Å². The SMILES string of the molecule is CC1CCCN(c2ccc(/C(N)=N/O)c(Br)c2F)C1C. The summed E-state index contributed by atoms with van der Waals surface area (Å²) in [5.74, 6) is 0.0584. The number of nitrogens with two attached hydrogens (primary N) is 1. The lowest BCUT2D eigenvalue weighted by molar-refractivity contribution is 0.318. The molecule has 1 aliphatic rings. The standard InChI is InChI=1S/C14H19BrFN3O/c1-8-4-3-7-19(9(8)2)11-6-5-10(14(17)18-20)12(15)13(11)16/h5-6,8-9,20H,3-4,7H2,1-2H3,(H2,17,18). The highest BCUT2D eigenvalue weighted by molar-refractivity contribution is 9.10. The van der Waals surface area contributed by atoms with Crippen LogP contribution in [-0.2, 0) is 0 Å². The molecule has 0 spiro atoms. The Bertz CT molecular complexity index is 535. The van der Waals surface area contributed by atoms with Gasteiger partial charge in [0.25, 0.3) is 0 Å². The third-order valence-electron chi connectivity index (χ3n) is 4.13. The number of oxime groups is 1. The van der Waals surface area contributed by atoms with Crippen molar-refractivity contribution in [2.45, 2.75) is 32.7 Å². The van der Waals surface area contributed by atoms with E-state index in [9.17, 15) is 4.39 Å². The predicted octanol–water partition coefficient (Wildman–Crippen LogP) is 3.31. The molecule has 20 heavy (non-hydrogen) atoms. The van der Waals surface area contributed by atoms with Gasteiger partial charge in [0.15, 0.2) is 11.7 Å². The minimum atomic E-state index is -0.366. The number of benzene rings is 1. The van der Waals surface area contributed by atoms with Crippen molar-refractivity contribution in [3.05, 3.63) is 28.0 Å². The summed E-state index contributed by atoms with van der Waals surface area (Å²) in [4.78, 5) is 2.09. The second-order valence-corrected chi connectivity index (χ2v) is 6.09. The molecule has 1 aromatic carbocycles. The number of rotatable bonds is 2. The zero-order valence-electron chi connectivity index (χ0n) is 11.6. The van der Waals surface area contributed by atoms with Crippen molar-refractivity contribution >= 4 is 27.5 Å². The fourth-order valence-electron chi connectivity index (χ4n) is 2.69. The zero-order chi connectivity index (χ0) is 14.9. The van der Waals surface area contributed by atoms with Gasteiger partial charge in [0.2, 0.25) is 0 Å². The van der Waals surface area contributed by atoms with E-state index in [4.69, 9.17) is 10.9 Å². The number of hydrogen-bond donors (Lipinski definition) is 2. The van der Waals surface area contributed by atoms with Crippen LogP contribution in [0, 0.1) is 11.7 Å². The lowest BCUT2D eigenvalue weighted by Gasteiger charge is -2.40. The Balaban J connectivity index is 2.41. The normalized spacial score (nSPS) is 24.0. The van der Waals surface area contributed by atoms with Gasteiger partial charge in [-0.05, 0) is 53.7 Å². The van der Waals surface area contributed by atoms with E-state index in [1.807, 2.05) is 0 Å². The van der Waals surface area contributed by atoms with E-state index < -0.39 is 0 Å². The summed E-state index contributed by atoms with van der Waals surface area (Å²) in [7, 11) is 0. The smallest absolute Gasteiger partial charge is 0.171 e. The average Bonchev–Trinajstić information content (AvgIpc) is 2.44. The molecule has 1 heterocycles. The first kappa shape index (κ1) is 15.1. The van der Waals surface area contributed by atoms with Crippen LogP contribution >= 0.6 is 15.9 Å². The monoisotopic (exact) mass is 343 g/mol. The van der Waals surface area contributed by atoms with E-state index in [0.29, 0.717) is 23.2 Å². The molecule has 0 saturated carbocycles. The summed E-state index contributed by atoms with van der Waals surface area (Å²) >= 11 is 3.20. The second kappa shape index (κ2) is 5.99. The molecule has 110 valence electrons. The summed E-state index contributed by atoms with van der Waals surface area (Å²) in [5, 5.41) is 11.6. The van der Waals surface area contributed by atoms with Gasteiger partial charge in [-0.25, -0.2) is 4.39 Å². The van der Waals surface area contributed by atoms with E-state index in [1.165, 1.54) is 6.42 Å². The number of nitrogens with zero attached hydrogens (tertiary/aromatic N) is 2. The Morgan fingerprint density at radius 2 is 2.20 bits per heavy atom. The Labute approximate surface area is 126 Å². The van der Waals surface area contributed by atoms with Crippen LogP contribution < -0.4 is 10.6 Å². The summed E-state index contributed by atoms with van der Waals surface area (Å²) in [6.07, 6.45) is 2.23. The highest BCUT2D eigenvalue weighted by atomic mass is 79.9. The summed E-state index contributed by atoms with van der Waals surface area (Å²) < 4.78 is 14.8. The zero-order valence-corrected chi connectivity index (χ0v) is 13.2. The minimum Gasteiger partial charge on any atom is -0.409 e. The maximum atomic E-state index is 14.6. The molecule has 0 amide bonds. The molecule has 0 bridgehead atoms. The molecule has 2 atom stereocenters. The van der Waals surface area contributed by atoms with Crippen molar-refractivity contribution in [3.8, 4) is 0 Å². The molecular weight excluding hydrogens is 325 g/mol. The van der Waals surface area contributed by atoms with Crippen LogP contribution in [0.25, 0.3) is 0 Å². The highest BCUT2D eigenvalue weighted by Crippen LogP contribution is 2.34. The van der Waals surface area contributed by atoms with Crippen LogP contribution in [0.15, 0.2) is 21.8 Å².